The number of piperidine rings is 1. The van der Waals surface area contributed by atoms with Crippen molar-refractivity contribution in [3.05, 3.63) is 71.3 Å². The number of nitrogens with two attached hydrogens (primary N) is 1. The van der Waals surface area contributed by atoms with Gasteiger partial charge in [0, 0.05) is 135 Å². The van der Waals surface area contributed by atoms with Crippen molar-refractivity contribution in [3.8, 4) is 22.6 Å². The standard InChI is InChI=1S/C36H43IN6O4S/c1-35(2,3)47-34(45)41-13-10-24(11-14-41)18-40-20-36(21-40)22-42(23-36)26-6-5-7-27(17-26)46-31-9-8-25(38)16-29(31)30-19-39(4)33(44)32-28(30)12-15-43(32)48-37/h5-9,12,15-17,19,24H,10-11,13-14,18,20-23,38H2,1-4H3. The van der Waals surface area contributed by atoms with Crippen LogP contribution in [-0.2, 0) is 11.8 Å². The highest BCUT2D eigenvalue weighted by Gasteiger charge is 2.52. The summed E-state index contributed by atoms with van der Waals surface area (Å²) in [5, 5.41) is 0.859. The second-order valence-corrected chi connectivity index (χ2v) is 16.4. The molecule has 3 aliphatic rings. The van der Waals surface area contributed by atoms with Gasteiger partial charge >= 0.3 is 6.09 Å². The van der Waals surface area contributed by atoms with Crippen LogP contribution in [-0.4, -0.2) is 75.8 Å². The van der Waals surface area contributed by atoms with Crippen molar-refractivity contribution >= 4 is 58.7 Å². The Morgan fingerprint density at radius 3 is 2.50 bits per heavy atom. The first-order valence-corrected chi connectivity index (χ1v) is 19.8. The number of nitrogens with zero attached hydrogens (tertiary/aromatic N) is 5. The Morgan fingerprint density at radius 1 is 1.04 bits per heavy atom. The highest BCUT2D eigenvalue weighted by atomic mass is 127. The zero-order valence-electron chi connectivity index (χ0n) is 27.9. The minimum atomic E-state index is -0.453. The summed E-state index contributed by atoms with van der Waals surface area (Å²) in [7, 11) is 3.24. The monoisotopic (exact) mass is 782 g/mol. The van der Waals surface area contributed by atoms with Crippen LogP contribution in [0.3, 0.4) is 0 Å². The Hall–Kier alpha value is -3.36. The van der Waals surface area contributed by atoms with Crippen molar-refractivity contribution in [2.75, 3.05) is 56.4 Å². The molecule has 2 N–H and O–H groups in total. The van der Waals surface area contributed by atoms with Crippen molar-refractivity contribution in [2.24, 2.45) is 18.4 Å². The summed E-state index contributed by atoms with van der Waals surface area (Å²) in [6, 6.07) is 15.9. The van der Waals surface area contributed by atoms with Gasteiger partial charge in [0.1, 0.15) is 22.6 Å². The number of carbonyl (C=O) groups is 1. The van der Waals surface area contributed by atoms with Gasteiger partial charge in [0.15, 0.2) is 0 Å². The van der Waals surface area contributed by atoms with E-state index in [1.54, 1.807) is 11.6 Å². The van der Waals surface area contributed by atoms with E-state index in [2.05, 4.69) is 43.1 Å². The number of likely N-dealkylation sites (tertiary alicyclic amines) is 2. The van der Waals surface area contributed by atoms with E-state index in [4.69, 9.17) is 15.2 Å². The van der Waals surface area contributed by atoms with Crippen molar-refractivity contribution in [2.45, 2.75) is 39.2 Å². The lowest BCUT2D eigenvalue weighted by atomic mass is 9.72. The molecule has 0 radical (unpaired) electrons. The predicted molar refractivity (Wildman–Crippen MR) is 202 cm³/mol. The maximum atomic E-state index is 13.0. The second-order valence-electron chi connectivity index (χ2n) is 14.7. The smallest absolute Gasteiger partial charge is 0.410 e. The summed E-state index contributed by atoms with van der Waals surface area (Å²) < 4.78 is 15.6. The molecule has 0 saturated carbocycles. The molecule has 1 amide bonds. The van der Waals surface area contributed by atoms with Crippen LogP contribution in [0.2, 0.25) is 0 Å². The molecular weight excluding hydrogens is 739 g/mol. The zero-order chi connectivity index (χ0) is 33.8. The molecule has 3 aliphatic heterocycles. The molecule has 0 bridgehead atoms. The van der Waals surface area contributed by atoms with E-state index in [1.807, 2.05) is 78.4 Å². The summed E-state index contributed by atoms with van der Waals surface area (Å²) in [6.45, 7) is 12.8. The van der Waals surface area contributed by atoms with E-state index in [-0.39, 0.29) is 11.7 Å². The quantitative estimate of drug-likeness (QED) is 0.158. The Balaban J connectivity index is 0.973. The third-order valence-electron chi connectivity index (χ3n) is 9.72. The van der Waals surface area contributed by atoms with E-state index < -0.39 is 5.60 Å². The molecule has 10 nitrogen and oxygen atoms in total. The minimum absolute atomic E-state index is 0.0514. The van der Waals surface area contributed by atoms with Gasteiger partial charge in [-0.15, -0.1) is 0 Å². The fraction of sp³-hybridized carbons (Fsp3) is 0.444. The van der Waals surface area contributed by atoms with Crippen molar-refractivity contribution in [3.63, 3.8) is 0 Å². The molecule has 5 heterocycles. The summed E-state index contributed by atoms with van der Waals surface area (Å²) in [5.41, 5.74) is 10.3. The number of carbonyl (C=O) groups excluding carboxylic acids is 1. The molecule has 0 unspecified atom stereocenters. The Kier molecular flexibility index (Phi) is 8.86. The molecule has 0 atom stereocenters. The molecular formula is C36H43IN6O4S. The molecule has 4 aromatic rings. The number of hydrogen-bond acceptors (Lipinski definition) is 8. The van der Waals surface area contributed by atoms with Crippen LogP contribution < -0.4 is 20.9 Å². The van der Waals surface area contributed by atoms with E-state index in [9.17, 15) is 9.59 Å². The molecule has 12 heteroatoms. The number of hydrogen-bond donors (Lipinski definition) is 1. The first kappa shape index (κ1) is 33.2. The van der Waals surface area contributed by atoms with Crippen molar-refractivity contribution in [1.82, 2.24) is 18.3 Å². The Labute approximate surface area is 297 Å². The summed E-state index contributed by atoms with van der Waals surface area (Å²) in [5.74, 6) is 2.07. The zero-order valence-corrected chi connectivity index (χ0v) is 30.9. The fourth-order valence-electron chi connectivity index (χ4n) is 7.49. The Morgan fingerprint density at radius 2 is 1.79 bits per heavy atom. The first-order chi connectivity index (χ1) is 22.9. The van der Waals surface area contributed by atoms with E-state index in [0.29, 0.717) is 28.3 Å². The van der Waals surface area contributed by atoms with Gasteiger partial charge in [0.2, 0.25) is 0 Å². The fourth-order valence-corrected chi connectivity index (χ4v) is 8.82. The van der Waals surface area contributed by atoms with Gasteiger partial charge in [-0.2, -0.15) is 0 Å². The molecule has 254 valence electrons. The number of benzene rings is 2. The number of ether oxygens (including phenoxy) is 2. The molecule has 0 aliphatic carbocycles. The van der Waals surface area contributed by atoms with Gasteiger partial charge in [0.25, 0.3) is 5.56 Å². The number of anilines is 2. The summed E-state index contributed by atoms with van der Waals surface area (Å²) >= 11 is 2.19. The molecule has 2 aromatic carbocycles. The van der Waals surface area contributed by atoms with Crippen LogP contribution in [0.4, 0.5) is 16.2 Å². The number of fused-ring (bicyclic) bond motifs is 1. The third kappa shape index (κ3) is 6.62. The number of rotatable bonds is 7. The number of halogens is 1. The van der Waals surface area contributed by atoms with Crippen molar-refractivity contribution < 1.29 is 14.3 Å². The summed E-state index contributed by atoms with van der Waals surface area (Å²) in [6.07, 6.45) is 5.67. The lowest BCUT2D eigenvalue weighted by molar-refractivity contribution is -0.0368. The van der Waals surface area contributed by atoms with Gasteiger partial charge in [-0.25, -0.2) is 4.79 Å². The molecule has 2 aromatic heterocycles. The number of aryl methyl sites for hydroxylation is 1. The molecule has 7 rings (SSSR count). The van der Waals surface area contributed by atoms with Gasteiger partial charge in [-0.1, -0.05) is 6.07 Å². The van der Waals surface area contributed by atoms with E-state index >= 15 is 0 Å². The maximum Gasteiger partial charge on any atom is 0.410 e. The average molecular weight is 783 g/mol. The van der Waals surface area contributed by atoms with Crippen molar-refractivity contribution in [1.29, 1.82) is 0 Å². The van der Waals surface area contributed by atoms with Crippen LogP contribution in [0.25, 0.3) is 22.0 Å². The molecule has 3 fully saturated rings. The van der Waals surface area contributed by atoms with E-state index in [1.165, 1.54) is 9.12 Å². The number of amides is 1. The molecule has 1 spiro atoms. The Bertz CT molecular complexity index is 1900. The first-order valence-electron chi connectivity index (χ1n) is 16.5. The number of pyridine rings is 1. The maximum absolute atomic E-state index is 13.0. The van der Waals surface area contributed by atoms with Crippen LogP contribution in [0, 0.1) is 11.3 Å². The summed E-state index contributed by atoms with van der Waals surface area (Å²) in [4.78, 5) is 32.3. The second kappa shape index (κ2) is 12.8. The predicted octanol–water partition coefficient (Wildman–Crippen LogP) is 7.00. The SMILES string of the molecule is Cn1cc(-c2cc(N)ccc2Oc2cccc(N3CC4(CN(CC5CCN(C(=O)OC(C)(C)C)CC5)C4)C3)c2)c2ccn(SI)c2c1=O. The third-order valence-corrected chi connectivity index (χ3v) is 11.4. The van der Waals surface area contributed by atoms with Gasteiger partial charge in [0.05, 0.1) is 0 Å². The number of nitrogen functional groups attached to an aromatic ring is 1. The average Bonchev–Trinajstić information content (AvgIpc) is 3.45. The minimum Gasteiger partial charge on any atom is -0.457 e. The van der Waals surface area contributed by atoms with Crippen LogP contribution in [0.15, 0.2) is 65.7 Å². The van der Waals surface area contributed by atoms with Crippen LogP contribution in [0.1, 0.15) is 33.6 Å². The van der Waals surface area contributed by atoms with Crippen LogP contribution >= 0.6 is 30.3 Å². The van der Waals surface area contributed by atoms with E-state index in [0.717, 1.165) is 86.6 Å². The molecule has 3 saturated heterocycles. The largest absolute Gasteiger partial charge is 0.457 e. The van der Waals surface area contributed by atoms with Gasteiger partial charge in [-0.05, 0) is 75.9 Å². The lowest BCUT2D eigenvalue weighted by Crippen LogP contribution is -2.72. The highest BCUT2D eigenvalue weighted by Crippen LogP contribution is 2.44. The van der Waals surface area contributed by atoms with Gasteiger partial charge < -0.3 is 34.5 Å². The normalized spacial score (nSPS) is 18.2. The van der Waals surface area contributed by atoms with Gasteiger partial charge in [-0.3, -0.25) is 8.77 Å². The topological polar surface area (TPSA) is 98.2 Å². The number of aromatic nitrogens is 2. The highest BCUT2D eigenvalue weighted by molar-refractivity contribution is 14.2. The van der Waals surface area contributed by atoms with Crippen LogP contribution in [0.5, 0.6) is 11.5 Å². The lowest BCUT2D eigenvalue weighted by Gasteiger charge is -2.61. The molecule has 48 heavy (non-hydrogen) atoms.